The molecule has 3 heterocycles. The van der Waals surface area contributed by atoms with Crippen LogP contribution in [0.25, 0.3) is 11.4 Å². The number of nitrogens with one attached hydrogen (secondary N) is 1. The molecule has 1 N–H and O–H groups in total. The van der Waals surface area contributed by atoms with Crippen LogP contribution < -0.4 is 5.43 Å². The van der Waals surface area contributed by atoms with Crippen LogP contribution in [0.2, 0.25) is 0 Å². The van der Waals surface area contributed by atoms with Gasteiger partial charge < -0.3 is 10.3 Å². The second-order valence-electron chi connectivity index (χ2n) is 7.94. The number of hydrogen-bond acceptors (Lipinski definition) is 5. The van der Waals surface area contributed by atoms with Crippen molar-refractivity contribution >= 4 is 17.7 Å². The smallest absolute Gasteiger partial charge is 0.238 e. The van der Waals surface area contributed by atoms with Gasteiger partial charge in [-0.25, -0.2) is 9.07 Å². The predicted octanol–water partition coefficient (Wildman–Crippen LogP) is 4.25. The molecule has 1 amide bonds. The Morgan fingerprint density at radius 3 is 2.39 bits per heavy atom. The van der Waals surface area contributed by atoms with Gasteiger partial charge in [-0.2, -0.15) is 0 Å². The molecular formula is C23H24FN5OS. The predicted molar refractivity (Wildman–Crippen MR) is 119 cm³/mol. The number of aromatic nitrogens is 3. The minimum atomic E-state index is -0.399. The number of nitrogens with zero attached hydrogens (tertiary/aromatic N) is 4. The molecule has 8 heteroatoms. The fraction of sp³-hybridized carbons (Fsp3) is 0.348. The van der Waals surface area contributed by atoms with Crippen LogP contribution in [0.1, 0.15) is 37.3 Å². The minimum Gasteiger partial charge on any atom is -0.342 e. The fourth-order valence-electron chi connectivity index (χ4n) is 4.21. The Bertz CT molecular complexity index is 1050. The van der Waals surface area contributed by atoms with Crippen LogP contribution in [-0.2, 0) is 4.79 Å². The molecule has 1 saturated heterocycles. The number of carbonyl (C=O) groups excluding carboxylic acids is 1. The number of amides is 1. The summed E-state index contributed by atoms with van der Waals surface area (Å²) in [5, 5.41) is 8.99. The van der Waals surface area contributed by atoms with Gasteiger partial charge in [0.25, 0.3) is 0 Å². The van der Waals surface area contributed by atoms with Crippen LogP contribution in [0.4, 0.5) is 4.39 Å². The van der Waals surface area contributed by atoms with Crippen LogP contribution in [0, 0.1) is 5.82 Å². The minimum absolute atomic E-state index is 0.101. The Morgan fingerprint density at radius 2 is 1.68 bits per heavy atom. The van der Waals surface area contributed by atoms with E-state index in [9.17, 15) is 9.18 Å². The molecule has 0 saturated carbocycles. The largest absolute Gasteiger partial charge is 0.342 e. The third-order valence-corrected chi connectivity index (χ3v) is 7.06. The van der Waals surface area contributed by atoms with Gasteiger partial charge in [0.05, 0.1) is 6.04 Å². The van der Waals surface area contributed by atoms with Gasteiger partial charge in [-0.05, 0) is 30.5 Å². The highest BCUT2D eigenvalue weighted by molar-refractivity contribution is 8.00. The third-order valence-electron chi connectivity index (χ3n) is 5.86. The first-order valence-electron chi connectivity index (χ1n) is 10.7. The summed E-state index contributed by atoms with van der Waals surface area (Å²) in [6.45, 7) is 1.57. The molecule has 2 atom stereocenters. The highest BCUT2D eigenvalue weighted by Gasteiger charge is 2.40. The van der Waals surface area contributed by atoms with Crippen LogP contribution >= 0.6 is 11.8 Å². The van der Waals surface area contributed by atoms with Gasteiger partial charge in [0, 0.05) is 18.7 Å². The van der Waals surface area contributed by atoms with E-state index in [1.807, 2.05) is 39.9 Å². The van der Waals surface area contributed by atoms with Crippen LogP contribution in [0.15, 0.2) is 59.8 Å². The van der Waals surface area contributed by atoms with E-state index >= 15 is 0 Å². The zero-order valence-corrected chi connectivity index (χ0v) is 17.9. The highest BCUT2D eigenvalue weighted by Crippen LogP contribution is 2.39. The normalized spacial score (nSPS) is 21.1. The van der Waals surface area contributed by atoms with Crippen LogP contribution in [0.5, 0.6) is 0 Å². The molecular weight excluding hydrogens is 413 g/mol. The standard InChI is InChI=1S/C23H24FN5OS/c24-18-12-10-16(11-13-18)19-20(22(30)28-14-6-1-2-7-15-28)31-23-26-25-21(29(23)27-19)17-8-4-3-5-9-17/h3-5,8-13,19-20,27H,1-2,6-7,14-15H2/t19-,20+/m0/s1. The average Bonchev–Trinajstić information content (AvgIpc) is 3.02. The van der Waals surface area contributed by atoms with Gasteiger partial charge in [0.1, 0.15) is 11.1 Å². The molecule has 160 valence electrons. The van der Waals surface area contributed by atoms with Gasteiger partial charge in [0.2, 0.25) is 11.1 Å². The second kappa shape index (κ2) is 8.70. The molecule has 2 aromatic carbocycles. The summed E-state index contributed by atoms with van der Waals surface area (Å²) in [6, 6.07) is 15.9. The van der Waals surface area contributed by atoms with Gasteiger partial charge in [0.15, 0.2) is 5.82 Å². The van der Waals surface area contributed by atoms with Crippen LogP contribution in [-0.4, -0.2) is 44.0 Å². The number of hydrogen-bond donors (Lipinski definition) is 1. The summed E-state index contributed by atoms with van der Waals surface area (Å²) in [6.07, 6.45) is 4.39. The average molecular weight is 438 g/mol. The summed E-state index contributed by atoms with van der Waals surface area (Å²) >= 11 is 1.43. The number of rotatable bonds is 3. The van der Waals surface area contributed by atoms with Gasteiger partial charge in [-0.1, -0.05) is 67.1 Å². The van der Waals surface area contributed by atoms with Crippen molar-refractivity contribution in [3.05, 3.63) is 66.0 Å². The number of fused-ring (bicyclic) bond motifs is 1. The van der Waals surface area contributed by atoms with E-state index in [0.717, 1.165) is 49.9 Å². The SMILES string of the molecule is O=C([C@@H]1Sc2nnc(-c3ccccc3)n2N[C@H]1c1ccc(F)cc1)N1CCCCCC1. The van der Waals surface area contributed by atoms with Crippen molar-refractivity contribution in [3.63, 3.8) is 0 Å². The van der Waals surface area contributed by atoms with Crippen molar-refractivity contribution in [1.29, 1.82) is 0 Å². The van der Waals surface area contributed by atoms with Gasteiger partial charge in [-0.15, -0.1) is 10.2 Å². The van der Waals surface area contributed by atoms with Crippen molar-refractivity contribution < 1.29 is 9.18 Å². The van der Waals surface area contributed by atoms with Crippen molar-refractivity contribution in [2.75, 3.05) is 18.5 Å². The van der Waals surface area contributed by atoms with E-state index in [2.05, 4.69) is 15.6 Å². The maximum atomic E-state index is 13.6. The van der Waals surface area contributed by atoms with E-state index in [1.54, 1.807) is 12.1 Å². The molecule has 0 spiro atoms. The molecule has 2 aliphatic heterocycles. The molecule has 31 heavy (non-hydrogen) atoms. The van der Waals surface area contributed by atoms with Crippen LogP contribution in [0.3, 0.4) is 0 Å². The number of likely N-dealkylation sites (tertiary alicyclic amines) is 1. The number of thioether (sulfide) groups is 1. The Labute approximate surface area is 184 Å². The quantitative estimate of drug-likeness (QED) is 0.664. The first-order valence-corrected chi connectivity index (χ1v) is 11.6. The summed E-state index contributed by atoms with van der Waals surface area (Å²) in [5.74, 6) is 0.498. The zero-order chi connectivity index (χ0) is 21.2. The van der Waals surface area contributed by atoms with Crippen molar-refractivity contribution in [1.82, 2.24) is 19.8 Å². The third kappa shape index (κ3) is 4.04. The number of carbonyl (C=O) groups is 1. The molecule has 3 aromatic rings. The maximum absolute atomic E-state index is 13.6. The maximum Gasteiger partial charge on any atom is 0.238 e. The first kappa shape index (κ1) is 20.1. The lowest BCUT2D eigenvalue weighted by atomic mass is 10.0. The lowest BCUT2D eigenvalue weighted by Crippen LogP contribution is -2.46. The van der Waals surface area contributed by atoms with Gasteiger partial charge >= 0.3 is 0 Å². The van der Waals surface area contributed by atoms with E-state index < -0.39 is 5.25 Å². The topological polar surface area (TPSA) is 63.1 Å². The Balaban J connectivity index is 1.52. The molecule has 0 bridgehead atoms. The Hall–Kier alpha value is -2.87. The van der Waals surface area contributed by atoms with Crippen molar-refractivity contribution in [2.24, 2.45) is 0 Å². The molecule has 6 nitrogen and oxygen atoms in total. The monoisotopic (exact) mass is 437 g/mol. The molecule has 0 unspecified atom stereocenters. The number of halogens is 1. The zero-order valence-electron chi connectivity index (χ0n) is 17.1. The lowest BCUT2D eigenvalue weighted by Gasteiger charge is -2.35. The van der Waals surface area contributed by atoms with E-state index in [1.165, 1.54) is 23.9 Å². The summed E-state index contributed by atoms with van der Waals surface area (Å²) < 4.78 is 15.4. The summed E-state index contributed by atoms with van der Waals surface area (Å²) in [5.41, 5.74) is 5.26. The van der Waals surface area contributed by atoms with Crippen molar-refractivity contribution in [3.8, 4) is 11.4 Å². The lowest BCUT2D eigenvalue weighted by molar-refractivity contribution is -0.131. The molecule has 2 aliphatic rings. The molecule has 1 fully saturated rings. The highest BCUT2D eigenvalue weighted by atomic mass is 32.2. The molecule has 5 rings (SSSR count). The molecule has 1 aromatic heterocycles. The Kier molecular flexibility index (Phi) is 5.63. The Morgan fingerprint density at radius 1 is 0.968 bits per heavy atom. The summed E-state index contributed by atoms with van der Waals surface area (Å²) in [7, 11) is 0. The fourth-order valence-corrected chi connectivity index (χ4v) is 5.37. The van der Waals surface area contributed by atoms with Crippen molar-refractivity contribution in [2.45, 2.75) is 42.1 Å². The molecule has 0 radical (unpaired) electrons. The van der Waals surface area contributed by atoms with Gasteiger partial charge in [-0.3, -0.25) is 4.79 Å². The van der Waals surface area contributed by atoms with E-state index in [0.29, 0.717) is 11.0 Å². The van der Waals surface area contributed by atoms with E-state index in [-0.39, 0.29) is 17.8 Å². The molecule has 0 aliphatic carbocycles. The first-order chi connectivity index (χ1) is 15.2. The summed E-state index contributed by atoms with van der Waals surface area (Å²) in [4.78, 5) is 15.6. The number of benzene rings is 2. The van der Waals surface area contributed by atoms with E-state index in [4.69, 9.17) is 0 Å². The second-order valence-corrected chi connectivity index (χ2v) is 9.05.